The van der Waals surface area contributed by atoms with E-state index in [4.69, 9.17) is 18.9 Å². The molecule has 8 nitrogen and oxygen atoms in total. The molecular weight excluding hydrogens is 486 g/mol. The van der Waals surface area contributed by atoms with E-state index in [2.05, 4.69) is 9.72 Å². The Labute approximate surface area is 206 Å². The number of carbonyl (C=O) groups is 1. The third-order valence-corrected chi connectivity index (χ3v) is 5.96. The van der Waals surface area contributed by atoms with Crippen molar-refractivity contribution in [3.63, 3.8) is 0 Å². The lowest BCUT2D eigenvalue weighted by Crippen LogP contribution is -2.53. The van der Waals surface area contributed by atoms with Crippen LogP contribution in [-0.2, 0) is 19.8 Å². The molecule has 0 saturated carbocycles. The summed E-state index contributed by atoms with van der Waals surface area (Å²) in [6.45, 7) is -0.639. The molecule has 2 saturated heterocycles. The van der Waals surface area contributed by atoms with Crippen molar-refractivity contribution in [3.05, 3.63) is 53.5 Å². The Morgan fingerprint density at radius 1 is 1.25 bits per heavy atom. The van der Waals surface area contributed by atoms with Gasteiger partial charge in [0.2, 0.25) is 0 Å². The number of nitrogens with zero attached hydrogens (tertiary/aromatic N) is 2. The van der Waals surface area contributed by atoms with Gasteiger partial charge in [-0.15, -0.1) is 13.2 Å². The van der Waals surface area contributed by atoms with Crippen LogP contribution >= 0.6 is 0 Å². The van der Waals surface area contributed by atoms with Crippen LogP contribution in [0.1, 0.15) is 22.5 Å². The minimum Gasteiger partial charge on any atom is -0.486 e. The first-order chi connectivity index (χ1) is 16.9. The number of halogens is 4. The van der Waals surface area contributed by atoms with E-state index in [0.717, 1.165) is 0 Å². The summed E-state index contributed by atoms with van der Waals surface area (Å²) in [4.78, 5) is 19.0. The van der Waals surface area contributed by atoms with Crippen LogP contribution < -0.4 is 9.47 Å². The average Bonchev–Trinajstić information content (AvgIpc) is 3.11. The van der Waals surface area contributed by atoms with E-state index in [1.807, 2.05) is 0 Å². The Hall–Kier alpha value is -2.83. The Morgan fingerprint density at radius 3 is 2.72 bits per heavy atom. The topological polar surface area (TPSA) is 79.4 Å². The molecule has 2 atom stereocenters. The zero-order valence-corrected chi connectivity index (χ0v) is 19.9. The Kier molecular flexibility index (Phi) is 7.22. The van der Waals surface area contributed by atoms with E-state index in [9.17, 15) is 22.4 Å². The van der Waals surface area contributed by atoms with Gasteiger partial charge in [-0.05, 0) is 29.8 Å². The second kappa shape index (κ2) is 9.91. The fourth-order valence-corrected chi connectivity index (χ4v) is 4.55. The molecule has 1 amide bonds. The maximum absolute atomic E-state index is 14.0. The number of aromatic nitrogens is 1. The SMILES string of the molecule is BC1(B)OC2CN(C(=O)c3ccc(OCCOC(F)(F)F)c(OC)n3)CCC2(c2cccc(F)c2)O1. The van der Waals surface area contributed by atoms with Crippen LogP contribution in [-0.4, -0.2) is 82.9 Å². The molecule has 0 radical (unpaired) electrons. The van der Waals surface area contributed by atoms with E-state index in [0.29, 0.717) is 18.5 Å². The number of rotatable bonds is 7. The number of pyridine rings is 1. The Morgan fingerprint density at radius 2 is 2.03 bits per heavy atom. The van der Waals surface area contributed by atoms with Crippen LogP contribution in [0.25, 0.3) is 0 Å². The number of amides is 1. The monoisotopic (exact) mass is 510 g/mol. The van der Waals surface area contributed by atoms with Crippen molar-refractivity contribution in [2.24, 2.45) is 0 Å². The lowest BCUT2D eigenvalue weighted by Gasteiger charge is -2.42. The van der Waals surface area contributed by atoms with Crippen molar-refractivity contribution in [2.45, 2.75) is 30.1 Å². The van der Waals surface area contributed by atoms with Gasteiger partial charge in [0.05, 0.1) is 25.8 Å². The van der Waals surface area contributed by atoms with Crippen LogP contribution in [0.2, 0.25) is 0 Å². The second-order valence-corrected chi connectivity index (χ2v) is 8.86. The van der Waals surface area contributed by atoms with Gasteiger partial charge in [0.15, 0.2) is 21.4 Å². The molecule has 2 unspecified atom stereocenters. The molecule has 0 spiro atoms. The van der Waals surface area contributed by atoms with Crippen molar-refractivity contribution in [3.8, 4) is 11.6 Å². The van der Waals surface area contributed by atoms with E-state index in [1.54, 1.807) is 32.7 Å². The number of benzene rings is 1. The number of methoxy groups -OCH3 is 1. The van der Waals surface area contributed by atoms with Gasteiger partial charge in [0.1, 0.15) is 29.8 Å². The molecule has 14 heteroatoms. The largest absolute Gasteiger partial charge is 0.522 e. The van der Waals surface area contributed by atoms with Gasteiger partial charge in [0, 0.05) is 13.0 Å². The fourth-order valence-electron chi connectivity index (χ4n) is 4.55. The molecule has 36 heavy (non-hydrogen) atoms. The van der Waals surface area contributed by atoms with Gasteiger partial charge in [-0.3, -0.25) is 9.53 Å². The van der Waals surface area contributed by atoms with Crippen molar-refractivity contribution in [2.75, 3.05) is 33.4 Å². The molecule has 0 bridgehead atoms. The van der Waals surface area contributed by atoms with Gasteiger partial charge < -0.3 is 23.8 Å². The highest BCUT2D eigenvalue weighted by molar-refractivity contribution is 6.38. The molecule has 192 valence electrons. The Balaban J connectivity index is 1.48. The van der Waals surface area contributed by atoms with Gasteiger partial charge in [-0.25, -0.2) is 9.37 Å². The van der Waals surface area contributed by atoms with Crippen LogP contribution in [0.3, 0.4) is 0 Å². The third-order valence-electron chi connectivity index (χ3n) is 5.96. The third kappa shape index (κ3) is 5.60. The zero-order valence-electron chi connectivity index (χ0n) is 19.9. The van der Waals surface area contributed by atoms with E-state index < -0.39 is 48.6 Å². The molecule has 4 rings (SSSR count). The van der Waals surface area contributed by atoms with E-state index in [-0.39, 0.29) is 23.9 Å². The van der Waals surface area contributed by atoms with Crippen LogP contribution in [0.5, 0.6) is 11.6 Å². The summed E-state index contributed by atoms with van der Waals surface area (Å²) in [5.41, 5.74) is -1.15. The number of alkyl halides is 3. The maximum atomic E-state index is 14.0. The van der Waals surface area contributed by atoms with E-state index >= 15 is 0 Å². The smallest absolute Gasteiger partial charge is 0.486 e. The van der Waals surface area contributed by atoms with Crippen LogP contribution in [0, 0.1) is 5.82 Å². The normalized spacial score (nSPS) is 23.2. The van der Waals surface area contributed by atoms with Gasteiger partial charge >= 0.3 is 6.36 Å². The summed E-state index contributed by atoms with van der Waals surface area (Å²) in [6, 6.07) is 8.95. The summed E-state index contributed by atoms with van der Waals surface area (Å²) in [7, 11) is 4.84. The molecular formula is C22H24B2F4N2O6. The predicted molar refractivity (Wildman–Crippen MR) is 123 cm³/mol. The molecule has 2 fully saturated rings. The number of likely N-dealkylation sites (tertiary alicyclic amines) is 1. The number of hydrogen-bond acceptors (Lipinski definition) is 7. The standard InChI is InChI=1S/C22H24B2F4N2O6/c1-32-18-16(33-9-10-34-22(26,27)28)6-5-15(29-18)19(31)30-8-7-20(13-3-2-4-14(25)11-13)17(12-30)35-21(23,24)36-20/h2-6,11,17H,7-10,12,23-24H2,1H3. The molecule has 2 aliphatic rings. The highest BCUT2D eigenvalue weighted by Gasteiger charge is 2.56. The lowest BCUT2D eigenvalue weighted by atomic mass is 9.76. The number of carbonyl (C=O) groups excluding carboxylic acids is 1. The number of piperidine rings is 1. The van der Waals surface area contributed by atoms with Gasteiger partial charge in [0.25, 0.3) is 11.8 Å². The quantitative estimate of drug-likeness (QED) is 0.315. The molecule has 2 aliphatic heterocycles. The average molecular weight is 510 g/mol. The van der Waals surface area contributed by atoms with Crippen molar-refractivity contribution in [1.29, 1.82) is 0 Å². The summed E-state index contributed by atoms with van der Waals surface area (Å²) in [6.07, 6.45) is -4.94. The number of fused-ring (bicyclic) bond motifs is 1. The van der Waals surface area contributed by atoms with Gasteiger partial charge in [-0.1, -0.05) is 12.1 Å². The first kappa shape index (κ1) is 26.2. The molecule has 3 heterocycles. The van der Waals surface area contributed by atoms with Crippen LogP contribution in [0.15, 0.2) is 36.4 Å². The number of ether oxygens (including phenoxy) is 5. The molecule has 0 aliphatic carbocycles. The summed E-state index contributed by atoms with van der Waals surface area (Å²) in [5.74, 6) is -0.782. The van der Waals surface area contributed by atoms with E-state index in [1.165, 1.54) is 31.4 Å². The number of hydrogen-bond donors (Lipinski definition) is 0. The van der Waals surface area contributed by atoms with Gasteiger partial charge in [-0.2, -0.15) is 0 Å². The lowest BCUT2D eigenvalue weighted by molar-refractivity contribution is -0.325. The molecule has 1 aromatic heterocycles. The summed E-state index contributed by atoms with van der Waals surface area (Å²) < 4.78 is 76.8. The van der Waals surface area contributed by atoms with Crippen molar-refractivity contribution >= 4 is 21.6 Å². The Bertz CT molecular complexity index is 1120. The van der Waals surface area contributed by atoms with Crippen molar-refractivity contribution < 1.29 is 46.0 Å². The molecule has 0 N–H and O–H groups in total. The fraction of sp³-hybridized carbons (Fsp3) is 0.455. The summed E-state index contributed by atoms with van der Waals surface area (Å²) >= 11 is 0. The zero-order chi connectivity index (χ0) is 26.1. The molecule has 1 aromatic carbocycles. The second-order valence-electron chi connectivity index (χ2n) is 8.86. The predicted octanol–water partition coefficient (Wildman–Crippen LogP) is 1.18. The molecule has 2 aromatic rings. The van der Waals surface area contributed by atoms with Crippen LogP contribution in [0.4, 0.5) is 17.6 Å². The maximum Gasteiger partial charge on any atom is 0.522 e. The first-order valence-corrected chi connectivity index (χ1v) is 11.2. The van der Waals surface area contributed by atoms with Crippen molar-refractivity contribution in [1.82, 2.24) is 9.88 Å². The highest BCUT2D eigenvalue weighted by Crippen LogP contribution is 2.47. The highest BCUT2D eigenvalue weighted by atomic mass is 19.4. The minimum atomic E-state index is -4.76. The first-order valence-electron chi connectivity index (χ1n) is 11.2. The summed E-state index contributed by atoms with van der Waals surface area (Å²) in [5, 5.41) is 0. The minimum absolute atomic E-state index is 0.0550.